The smallest absolute Gasteiger partial charge is 0.231 e. The molecule has 2 aromatic carbocycles. The summed E-state index contributed by atoms with van der Waals surface area (Å²) in [6.45, 7) is 6.91. The molecular formula is C31H40N6O2. The van der Waals surface area contributed by atoms with Crippen LogP contribution in [0.4, 0.5) is 0 Å². The molecule has 6 rings (SSSR count). The number of carbonyl (C=O) groups excluding carboxylic acids is 2. The van der Waals surface area contributed by atoms with Gasteiger partial charge < -0.3 is 9.80 Å². The topological polar surface area (TPSA) is 71.5 Å². The number of nitrogens with zero attached hydrogens (tertiary/aromatic N) is 5. The lowest BCUT2D eigenvalue weighted by Crippen LogP contribution is -2.67. The van der Waals surface area contributed by atoms with Crippen LogP contribution >= 0.6 is 0 Å². The second-order valence-corrected chi connectivity index (χ2v) is 11.5. The molecule has 8 nitrogen and oxygen atoms in total. The number of rotatable bonds is 7. The Balaban J connectivity index is 1.07. The maximum Gasteiger partial charge on any atom is 0.231 e. The van der Waals surface area contributed by atoms with E-state index in [1.807, 2.05) is 15.9 Å². The number of piperazine rings is 1. The molecule has 4 aliphatic rings. The molecule has 2 saturated heterocycles. The molecule has 0 spiro atoms. The van der Waals surface area contributed by atoms with Crippen LogP contribution in [0.15, 0.2) is 59.7 Å². The lowest BCUT2D eigenvalue weighted by atomic mass is 9.80. The van der Waals surface area contributed by atoms with Crippen molar-refractivity contribution in [2.24, 2.45) is 11.0 Å². The van der Waals surface area contributed by atoms with Crippen LogP contribution in [0, 0.1) is 12.8 Å². The Bertz CT molecular complexity index is 1190. The van der Waals surface area contributed by atoms with E-state index in [4.69, 9.17) is 5.10 Å². The average Bonchev–Trinajstić information content (AvgIpc) is 3.40. The number of hydrazone groups is 1. The predicted molar refractivity (Wildman–Crippen MR) is 151 cm³/mol. The molecule has 8 heteroatoms. The number of carbonyl (C=O) groups is 2. The van der Waals surface area contributed by atoms with Gasteiger partial charge in [0, 0.05) is 58.2 Å². The minimum atomic E-state index is -0.273. The van der Waals surface area contributed by atoms with Crippen molar-refractivity contribution in [3.63, 3.8) is 0 Å². The van der Waals surface area contributed by atoms with Crippen LogP contribution in [0.1, 0.15) is 55.2 Å². The zero-order chi connectivity index (χ0) is 26.8. The van der Waals surface area contributed by atoms with Gasteiger partial charge in [-0.25, -0.2) is 0 Å². The summed E-state index contributed by atoms with van der Waals surface area (Å²) < 4.78 is 0. The molecule has 0 bridgehead atoms. The fraction of sp³-hybridized carbons (Fsp3) is 0.516. The van der Waals surface area contributed by atoms with Crippen molar-refractivity contribution in [1.29, 1.82) is 0 Å². The molecule has 1 saturated carbocycles. The molecule has 3 fully saturated rings. The second-order valence-electron chi connectivity index (χ2n) is 11.5. The van der Waals surface area contributed by atoms with Gasteiger partial charge in [-0.3, -0.25) is 24.8 Å². The lowest BCUT2D eigenvalue weighted by Gasteiger charge is -2.50. The molecule has 39 heavy (non-hydrogen) atoms. The van der Waals surface area contributed by atoms with Gasteiger partial charge in [-0.15, -0.1) is 0 Å². The Labute approximate surface area is 231 Å². The zero-order valence-electron chi connectivity index (χ0n) is 23.0. The van der Waals surface area contributed by atoms with E-state index in [2.05, 4.69) is 70.7 Å². The van der Waals surface area contributed by atoms with Crippen molar-refractivity contribution in [2.45, 2.75) is 70.9 Å². The third-order valence-electron chi connectivity index (χ3n) is 8.86. The fourth-order valence-corrected chi connectivity index (χ4v) is 6.67. The predicted octanol–water partition coefficient (Wildman–Crippen LogP) is 3.52. The largest absolute Gasteiger partial charge is 0.340 e. The molecule has 0 radical (unpaired) electrons. The molecule has 3 atom stereocenters. The first kappa shape index (κ1) is 25.9. The standard InChI is InChI=1S/C31H40N6O2/c1-23-11-13-25(14-12-23)22-36-30(39)26-9-5-6-10-27(26)37-28(32-33-31(36)37)15-16-29(38)35-19-17-34(18-20-35)21-24-7-3-2-4-8-24/h2-4,7-8,11-14,26-27,31,33H,5-6,9-10,15-22H2,1H3. The Morgan fingerprint density at radius 3 is 2.41 bits per heavy atom. The number of nitrogens with one attached hydrogen (secondary N) is 1. The maximum absolute atomic E-state index is 13.6. The number of hydrogen-bond donors (Lipinski definition) is 1. The number of aryl methyl sites for hydroxylation is 1. The van der Waals surface area contributed by atoms with Crippen LogP contribution in [0.25, 0.3) is 0 Å². The number of hydrogen-bond acceptors (Lipinski definition) is 6. The third kappa shape index (κ3) is 5.53. The van der Waals surface area contributed by atoms with E-state index in [0.29, 0.717) is 19.4 Å². The molecular weight excluding hydrogens is 488 g/mol. The third-order valence-corrected chi connectivity index (χ3v) is 8.86. The summed E-state index contributed by atoms with van der Waals surface area (Å²) >= 11 is 0. The highest BCUT2D eigenvalue weighted by Crippen LogP contribution is 2.38. The molecule has 3 heterocycles. The summed E-state index contributed by atoms with van der Waals surface area (Å²) in [6.07, 6.45) is 4.94. The van der Waals surface area contributed by atoms with Crippen molar-refractivity contribution in [3.05, 3.63) is 71.3 Å². The van der Waals surface area contributed by atoms with Crippen LogP contribution in [0.2, 0.25) is 0 Å². The van der Waals surface area contributed by atoms with Crippen LogP contribution in [-0.2, 0) is 22.7 Å². The molecule has 3 unspecified atom stereocenters. The van der Waals surface area contributed by atoms with Gasteiger partial charge in [-0.05, 0) is 30.9 Å². The Kier molecular flexibility index (Phi) is 7.55. The van der Waals surface area contributed by atoms with Crippen LogP contribution < -0.4 is 5.43 Å². The van der Waals surface area contributed by atoms with Gasteiger partial charge >= 0.3 is 0 Å². The van der Waals surface area contributed by atoms with Crippen molar-refractivity contribution in [2.75, 3.05) is 26.2 Å². The van der Waals surface area contributed by atoms with Crippen molar-refractivity contribution in [3.8, 4) is 0 Å². The molecule has 206 valence electrons. The van der Waals surface area contributed by atoms with Gasteiger partial charge in [0.05, 0.1) is 5.92 Å². The minimum absolute atomic E-state index is 0.000980. The Hall–Kier alpha value is -3.39. The average molecular weight is 529 g/mol. The van der Waals surface area contributed by atoms with Gasteiger partial charge in [0.15, 0.2) is 6.29 Å². The number of benzene rings is 2. The Morgan fingerprint density at radius 1 is 0.923 bits per heavy atom. The summed E-state index contributed by atoms with van der Waals surface area (Å²) in [7, 11) is 0. The highest BCUT2D eigenvalue weighted by Gasteiger charge is 2.50. The van der Waals surface area contributed by atoms with Gasteiger partial charge in [0.25, 0.3) is 0 Å². The van der Waals surface area contributed by atoms with Crippen molar-refractivity contribution < 1.29 is 9.59 Å². The number of fused-ring (bicyclic) bond motifs is 3. The molecule has 0 aromatic heterocycles. The molecule has 2 aromatic rings. The zero-order valence-corrected chi connectivity index (χ0v) is 23.0. The van der Waals surface area contributed by atoms with Gasteiger partial charge in [-0.1, -0.05) is 73.0 Å². The highest BCUT2D eigenvalue weighted by molar-refractivity contribution is 5.91. The maximum atomic E-state index is 13.6. The van der Waals surface area contributed by atoms with E-state index < -0.39 is 0 Å². The first-order valence-corrected chi connectivity index (χ1v) is 14.6. The van der Waals surface area contributed by atoms with Crippen LogP contribution in [-0.4, -0.2) is 75.8 Å². The first-order chi connectivity index (χ1) is 19.1. The van der Waals surface area contributed by atoms with E-state index in [9.17, 15) is 9.59 Å². The van der Waals surface area contributed by atoms with E-state index >= 15 is 0 Å². The normalized spacial score (nSPS) is 25.2. The van der Waals surface area contributed by atoms with Crippen LogP contribution in [0.3, 0.4) is 0 Å². The molecule has 1 aliphatic carbocycles. The van der Waals surface area contributed by atoms with E-state index in [0.717, 1.165) is 69.8 Å². The fourth-order valence-electron chi connectivity index (χ4n) is 6.67. The minimum Gasteiger partial charge on any atom is -0.340 e. The second kappa shape index (κ2) is 11.4. The van der Waals surface area contributed by atoms with E-state index in [1.165, 1.54) is 11.1 Å². The summed E-state index contributed by atoms with van der Waals surface area (Å²) in [5, 5.41) is 4.71. The first-order valence-electron chi connectivity index (χ1n) is 14.6. The van der Waals surface area contributed by atoms with Crippen molar-refractivity contribution >= 4 is 17.6 Å². The molecule has 2 amide bonds. The summed E-state index contributed by atoms with van der Waals surface area (Å²) in [6, 6.07) is 19.1. The van der Waals surface area contributed by atoms with Crippen LogP contribution in [0.5, 0.6) is 0 Å². The Morgan fingerprint density at radius 2 is 1.64 bits per heavy atom. The van der Waals surface area contributed by atoms with E-state index in [1.54, 1.807) is 0 Å². The summed E-state index contributed by atoms with van der Waals surface area (Å²) in [4.78, 5) is 35.6. The number of amides is 2. The summed E-state index contributed by atoms with van der Waals surface area (Å²) in [5.41, 5.74) is 6.93. The van der Waals surface area contributed by atoms with Gasteiger partial charge in [0.2, 0.25) is 11.8 Å². The molecule has 3 aliphatic heterocycles. The van der Waals surface area contributed by atoms with Gasteiger partial charge in [0.1, 0.15) is 5.84 Å². The summed E-state index contributed by atoms with van der Waals surface area (Å²) in [5.74, 6) is 1.36. The highest BCUT2D eigenvalue weighted by atomic mass is 16.2. The SMILES string of the molecule is Cc1ccc(CN2C(=O)C3CCCCC3N3C(CCC(=O)N4CCN(Cc5ccccc5)CC4)=NNC23)cc1. The quantitative estimate of drug-likeness (QED) is 0.596. The van der Waals surface area contributed by atoms with Crippen molar-refractivity contribution in [1.82, 2.24) is 25.0 Å². The van der Waals surface area contributed by atoms with Gasteiger partial charge in [-0.2, -0.15) is 5.10 Å². The molecule has 1 N–H and O–H groups in total. The lowest BCUT2D eigenvalue weighted by molar-refractivity contribution is -0.156. The van der Waals surface area contributed by atoms with E-state index in [-0.39, 0.29) is 30.1 Å². The monoisotopic (exact) mass is 528 g/mol. The number of amidine groups is 1.